The number of urea groups is 1. The molecule has 4 rings (SSSR count). The number of likely N-dealkylation sites (tertiary alicyclic amines) is 1. The minimum absolute atomic E-state index is 0.0195. The van der Waals surface area contributed by atoms with Gasteiger partial charge in [-0.2, -0.15) is 0 Å². The summed E-state index contributed by atoms with van der Waals surface area (Å²) < 4.78 is 2.32. The average Bonchev–Trinajstić information content (AvgIpc) is 2.89. The number of fused-ring (bicyclic) bond motifs is 1. The van der Waals surface area contributed by atoms with Gasteiger partial charge in [0.15, 0.2) is 0 Å². The van der Waals surface area contributed by atoms with Gasteiger partial charge < -0.3 is 20.1 Å². The van der Waals surface area contributed by atoms with Crippen molar-refractivity contribution in [3.05, 3.63) is 22.9 Å². The van der Waals surface area contributed by atoms with Gasteiger partial charge in [-0.3, -0.25) is 4.79 Å². The van der Waals surface area contributed by atoms with Crippen molar-refractivity contribution in [3.8, 4) is 0 Å². The Balaban J connectivity index is 1.44. The molecule has 0 radical (unpaired) electrons. The fourth-order valence-corrected chi connectivity index (χ4v) is 4.53. The van der Waals surface area contributed by atoms with Crippen LogP contribution in [0.5, 0.6) is 0 Å². The highest BCUT2D eigenvalue weighted by molar-refractivity contribution is 5.98. The van der Waals surface area contributed by atoms with E-state index in [1.54, 1.807) is 6.92 Å². The standard InChI is InChI=1S/C19H28N6O2/c1-12-16(13(2)21-19(27)20-12)18(26)24-10-7-14(8-11-24)17-23-22-15-6-4-3-5-9-25(15)17/h12,14H,3-11H2,1-2H3,(H2,20,21,27). The lowest BCUT2D eigenvalue weighted by atomic mass is 9.94. The zero-order chi connectivity index (χ0) is 19.0. The quantitative estimate of drug-likeness (QED) is 0.826. The molecule has 4 heterocycles. The van der Waals surface area contributed by atoms with Crippen LogP contribution < -0.4 is 10.6 Å². The van der Waals surface area contributed by atoms with Gasteiger partial charge in [-0.1, -0.05) is 6.42 Å². The fraction of sp³-hybridized carbons (Fsp3) is 0.684. The number of nitrogens with one attached hydrogen (secondary N) is 2. The number of piperidine rings is 1. The van der Waals surface area contributed by atoms with Crippen LogP contribution in [0.25, 0.3) is 0 Å². The first-order chi connectivity index (χ1) is 13.0. The van der Waals surface area contributed by atoms with E-state index in [1.165, 1.54) is 19.3 Å². The highest BCUT2D eigenvalue weighted by Gasteiger charge is 2.33. The molecular weight excluding hydrogens is 344 g/mol. The van der Waals surface area contributed by atoms with Crippen LogP contribution in [0.2, 0.25) is 0 Å². The third-order valence-electron chi connectivity index (χ3n) is 6.00. The van der Waals surface area contributed by atoms with E-state index >= 15 is 0 Å². The minimum atomic E-state index is -0.267. The van der Waals surface area contributed by atoms with Gasteiger partial charge in [0.2, 0.25) is 0 Å². The van der Waals surface area contributed by atoms with Crippen LogP contribution in [0, 0.1) is 0 Å². The summed E-state index contributed by atoms with van der Waals surface area (Å²) in [6, 6.07) is -0.515. The van der Waals surface area contributed by atoms with Gasteiger partial charge in [-0.15, -0.1) is 10.2 Å². The van der Waals surface area contributed by atoms with Crippen molar-refractivity contribution in [2.24, 2.45) is 0 Å². The molecule has 8 heteroatoms. The molecule has 0 aromatic carbocycles. The van der Waals surface area contributed by atoms with Crippen LogP contribution in [0.1, 0.15) is 63.5 Å². The summed E-state index contributed by atoms with van der Waals surface area (Å²) in [5.74, 6) is 2.62. The second-order valence-corrected chi connectivity index (χ2v) is 7.86. The van der Waals surface area contributed by atoms with Gasteiger partial charge in [0.25, 0.3) is 5.91 Å². The molecule has 0 spiro atoms. The van der Waals surface area contributed by atoms with E-state index in [9.17, 15) is 9.59 Å². The van der Waals surface area contributed by atoms with E-state index in [-0.39, 0.29) is 18.0 Å². The van der Waals surface area contributed by atoms with Gasteiger partial charge in [-0.25, -0.2) is 4.79 Å². The molecule has 3 aliphatic heterocycles. The highest BCUT2D eigenvalue weighted by atomic mass is 16.2. The molecule has 1 fully saturated rings. The molecule has 1 saturated heterocycles. The molecule has 1 aromatic rings. The van der Waals surface area contributed by atoms with Crippen molar-refractivity contribution in [1.29, 1.82) is 0 Å². The lowest BCUT2D eigenvalue weighted by Crippen LogP contribution is -2.51. The number of aryl methyl sites for hydroxylation is 1. The number of aromatic nitrogens is 3. The van der Waals surface area contributed by atoms with Gasteiger partial charge in [0.05, 0.1) is 11.6 Å². The Hall–Kier alpha value is -2.38. The topological polar surface area (TPSA) is 92.2 Å². The number of carbonyl (C=O) groups excluding carboxylic acids is 2. The largest absolute Gasteiger partial charge is 0.339 e. The highest BCUT2D eigenvalue weighted by Crippen LogP contribution is 2.30. The number of nitrogens with zero attached hydrogens (tertiary/aromatic N) is 4. The number of rotatable bonds is 2. The molecular formula is C19H28N6O2. The zero-order valence-corrected chi connectivity index (χ0v) is 16.1. The van der Waals surface area contributed by atoms with Gasteiger partial charge >= 0.3 is 6.03 Å². The second kappa shape index (κ2) is 7.32. The monoisotopic (exact) mass is 372 g/mol. The van der Waals surface area contributed by atoms with E-state index in [1.807, 2.05) is 11.8 Å². The Morgan fingerprint density at radius 2 is 1.89 bits per heavy atom. The first kappa shape index (κ1) is 18.0. The van der Waals surface area contributed by atoms with Crippen LogP contribution in [0.4, 0.5) is 4.79 Å². The minimum Gasteiger partial charge on any atom is -0.339 e. The first-order valence-electron chi connectivity index (χ1n) is 10.0. The van der Waals surface area contributed by atoms with E-state index in [0.29, 0.717) is 30.3 Å². The van der Waals surface area contributed by atoms with Crippen LogP contribution in [-0.4, -0.2) is 50.7 Å². The lowest BCUT2D eigenvalue weighted by molar-refractivity contribution is -0.128. The summed E-state index contributed by atoms with van der Waals surface area (Å²) in [6.45, 7) is 6.09. The number of carbonyl (C=O) groups is 2. The van der Waals surface area contributed by atoms with E-state index in [4.69, 9.17) is 0 Å². The van der Waals surface area contributed by atoms with Crippen LogP contribution in [0.3, 0.4) is 0 Å². The first-order valence-corrected chi connectivity index (χ1v) is 10.0. The van der Waals surface area contributed by atoms with Crippen molar-refractivity contribution in [2.75, 3.05) is 13.1 Å². The molecule has 2 N–H and O–H groups in total. The predicted octanol–water partition coefficient (Wildman–Crippen LogP) is 1.69. The molecule has 27 heavy (non-hydrogen) atoms. The SMILES string of the molecule is CC1=C(C(=O)N2CCC(c3nnc4n3CCCCC4)CC2)C(C)NC(=O)N1. The third-order valence-corrected chi connectivity index (χ3v) is 6.00. The Morgan fingerprint density at radius 1 is 1.11 bits per heavy atom. The summed E-state index contributed by atoms with van der Waals surface area (Å²) in [5.41, 5.74) is 1.31. The van der Waals surface area contributed by atoms with Crippen molar-refractivity contribution in [3.63, 3.8) is 0 Å². The third kappa shape index (κ3) is 3.44. The molecule has 1 aromatic heterocycles. The summed E-state index contributed by atoms with van der Waals surface area (Å²) in [6.07, 6.45) is 6.48. The van der Waals surface area contributed by atoms with E-state index in [2.05, 4.69) is 25.4 Å². The van der Waals surface area contributed by atoms with Crippen molar-refractivity contribution < 1.29 is 9.59 Å². The maximum atomic E-state index is 13.0. The van der Waals surface area contributed by atoms with Gasteiger partial charge in [-0.05, 0) is 39.5 Å². The Kier molecular flexibility index (Phi) is 4.88. The summed E-state index contributed by atoms with van der Waals surface area (Å²) in [7, 11) is 0. The number of hydrogen-bond acceptors (Lipinski definition) is 4. The number of hydrogen-bond donors (Lipinski definition) is 2. The smallest absolute Gasteiger partial charge is 0.319 e. The molecule has 1 unspecified atom stereocenters. The van der Waals surface area contributed by atoms with Crippen LogP contribution in [-0.2, 0) is 17.8 Å². The van der Waals surface area contributed by atoms with Gasteiger partial charge in [0, 0.05) is 37.7 Å². The summed E-state index contributed by atoms with van der Waals surface area (Å²) in [4.78, 5) is 26.5. The van der Waals surface area contributed by atoms with Crippen molar-refractivity contribution >= 4 is 11.9 Å². The van der Waals surface area contributed by atoms with E-state index < -0.39 is 0 Å². The molecule has 0 bridgehead atoms. The lowest BCUT2D eigenvalue weighted by Gasteiger charge is -2.35. The summed E-state index contributed by atoms with van der Waals surface area (Å²) >= 11 is 0. The average molecular weight is 372 g/mol. The van der Waals surface area contributed by atoms with Crippen LogP contribution in [0.15, 0.2) is 11.3 Å². The molecule has 0 saturated carbocycles. The number of amides is 3. The Bertz CT molecular complexity index is 775. The van der Waals surface area contributed by atoms with Crippen LogP contribution >= 0.6 is 0 Å². The summed E-state index contributed by atoms with van der Waals surface area (Å²) in [5, 5.41) is 14.4. The molecule has 1 atom stereocenters. The molecule has 0 aliphatic carbocycles. The maximum absolute atomic E-state index is 13.0. The van der Waals surface area contributed by atoms with Crippen molar-refractivity contribution in [2.45, 2.75) is 70.9 Å². The second-order valence-electron chi connectivity index (χ2n) is 7.86. The molecule has 8 nitrogen and oxygen atoms in total. The Morgan fingerprint density at radius 3 is 2.63 bits per heavy atom. The van der Waals surface area contributed by atoms with Gasteiger partial charge in [0.1, 0.15) is 11.6 Å². The zero-order valence-electron chi connectivity index (χ0n) is 16.1. The van der Waals surface area contributed by atoms with Crippen molar-refractivity contribution in [1.82, 2.24) is 30.3 Å². The molecule has 3 aliphatic rings. The van der Waals surface area contributed by atoms with E-state index in [0.717, 1.165) is 37.5 Å². The predicted molar refractivity (Wildman–Crippen MR) is 100.0 cm³/mol. The normalized spacial score (nSPS) is 24.1. The molecule has 146 valence electrons. The number of allylic oxidation sites excluding steroid dienone is 1. The Labute approximate surface area is 159 Å². The fourth-order valence-electron chi connectivity index (χ4n) is 4.53. The maximum Gasteiger partial charge on any atom is 0.319 e. The molecule has 3 amide bonds.